The summed E-state index contributed by atoms with van der Waals surface area (Å²) in [5.74, 6) is 0. The number of hydrogen-bond donors (Lipinski definition) is 0. The maximum Gasteiger partial charge on any atom is 0.0622 e. The number of allylic oxidation sites excluding steroid dienone is 4. The van der Waals surface area contributed by atoms with Gasteiger partial charge in [0.15, 0.2) is 0 Å². The third-order valence-corrected chi connectivity index (χ3v) is 0.332. The van der Waals surface area contributed by atoms with Crippen LogP contribution in [0.25, 0.3) is 0 Å². The first-order chi connectivity index (χ1) is 3.31. The van der Waals surface area contributed by atoms with Gasteiger partial charge in [-0.25, -0.2) is 0 Å². The molecular formula is C6H8. The van der Waals surface area contributed by atoms with E-state index in [2.05, 4.69) is 13.2 Å². The van der Waals surface area contributed by atoms with Crippen molar-refractivity contribution in [2.45, 2.75) is 0 Å². The maximum absolute atomic E-state index is 6.89. The topological polar surface area (TPSA) is 0 Å². The van der Waals surface area contributed by atoms with Crippen LogP contribution < -0.4 is 0 Å². The summed E-state index contributed by atoms with van der Waals surface area (Å²) >= 11 is 0. The first-order valence-corrected chi connectivity index (χ1v) is 1.73. The second-order valence-electron chi connectivity index (χ2n) is 0.773. The standard InChI is InChI=1S/C6H8/c1-3-5-6-4-2/h3-6H,1-2H2/b6-5+/i5D. The van der Waals surface area contributed by atoms with Gasteiger partial charge in [-0.3, -0.25) is 0 Å². The molecule has 0 aliphatic heterocycles. The fraction of sp³-hybridized carbons (Fsp3) is 0. The summed E-state index contributed by atoms with van der Waals surface area (Å²) in [6.07, 6.45) is 4.60. The smallest absolute Gasteiger partial charge is 0.0622 e. The molecule has 0 radical (unpaired) electrons. The average molecular weight is 81.1 g/mol. The van der Waals surface area contributed by atoms with Crippen LogP contribution in [0.3, 0.4) is 0 Å². The van der Waals surface area contributed by atoms with Crippen LogP contribution in [-0.4, -0.2) is 0 Å². The zero-order valence-electron chi connectivity index (χ0n) is 4.65. The van der Waals surface area contributed by atoms with Crippen LogP contribution in [0.1, 0.15) is 1.37 Å². The summed E-state index contributed by atoms with van der Waals surface area (Å²) in [5, 5.41) is 0. The Morgan fingerprint density at radius 3 is 2.17 bits per heavy atom. The Morgan fingerprint density at radius 1 is 1.33 bits per heavy atom. The molecule has 0 unspecified atom stereocenters. The van der Waals surface area contributed by atoms with E-state index in [9.17, 15) is 0 Å². The largest absolute Gasteiger partial charge is 0.0991 e. The number of hydrogen-bond acceptors (Lipinski definition) is 0. The molecule has 0 aliphatic carbocycles. The minimum absolute atomic E-state index is 0.398. The van der Waals surface area contributed by atoms with Gasteiger partial charge in [-0.2, -0.15) is 0 Å². The fourth-order valence-electron chi connectivity index (χ4n) is 0.136. The van der Waals surface area contributed by atoms with Gasteiger partial charge in [-0.1, -0.05) is 37.4 Å². The molecule has 0 fully saturated rings. The van der Waals surface area contributed by atoms with Gasteiger partial charge < -0.3 is 0 Å². The SMILES string of the molecule is [2H]/C(C=C)=C\C=C. The van der Waals surface area contributed by atoms with E-state index in [4.69, 9.17) is 1.37 Å². The molecule has 0 saturated heterocycles. The van der Waals surface area contributed by atoms with Crippen molar-refractivity contribution in [2.24, 2.45) is 0 Å². The molecule has 0 nitrogen and oxygen atoms in total. The Kier molecular flexibility index (Phi) is 2.40. The molecule has 0 rings (SSSR count). The quantitative estimate of drug-likeness (QED) is 0.445. The first kappa shape index (κ1) is 3.41. The molecule has 0 aromatic heterocycles. The van der Waals surface area contributed by atoms with E-state index in [-0.39, 0.29) is 0 Å². The molecule has 0 heterocycles. The minimum Gasteiger partial charge on any atom is -0.0991 e. The van der Waals surface area contributed by atoms with Crippen LogP contribution in [0, 0.1) is 0 Å². The minimum atomic E-state index is 0.398. The maximum atomic E-state index is 6.89. The third kappa shape index (κ3) is 3.22. The predicted molar refractivity (Wildman–Crippen MR) is 29.5 cm³/mol. The Labute approximate surface area is 39.9 Å². The molecule has 0 amide bonds. The van der Waals surface area contributed by atoms with Gasteiger partial charge in [-0.05, 0) is 0 Å². The summed E-state index contributed by atoms with van der Waals surface area (Å²) in [4.78, 5) is 0. The summed E-state index contributed by atoms with van der Waals surface area (Å²) in [5.41, 5.74) is 0. The van der Waals surface area contributed by atoms with E-state index < -0.39 is 0 Å². The lowest BCUT2D eigenvalue weighted by molar-refractivity contribution is 1.98. The fourth-order valence-corrected chi connectivity index (χ4v) is 0.136. The Hall–Kier alpha value is -0.780. The van der Waals surface area contributed by atoms with Gasteiger partial charge in [0.25, 0.3) is 0 Å². The molecule has 0 aromatic rings. The Bertz CT molecular complexity index is 101. The van der Waals surface area contributed by atoms with E-state index >= 15 is 0 Å². The van der Waals surface area contributed by atoms with Crippen molar-refractivity contribution in [2.75, 3.05) is 0 Å². The average Bonchev–Trinajstić information content (AvgIpc) is 1.68. The first-order valence-electron chi connectivity index (χ1n) is 2.23. The number of rotatable bonds is 2. The van der Waals surface area contributed by atoms with Crippen LogP contribution in [0.2, 0.25) is 0 Å². The molecule has 6 heavy (non-hydrogen) atoms. The molecule has 0 heteroatoms. The van der Waals surface area contributed by atoms with Gasteiger partial charge in [0.2, 0.25) is 0 Å². The lowest BCUT2D eigenvalue weighted by Crippen LogP contribution is -1.38. The van der Waals surface area contributed by atoms with Gasteiger partial charge in [-0.15, -0.1) is 0 Å². The molecule has 0 aliphatic rings. The van der Waals surface area contributed by atoms with E-state index in [1.807, 2.05) is 0 Å². The summed E-state index contributed by atoms with van der Waals surface area (Å²) < 4.78 is 6.89. The van der Waals surface area contributed by atoms with Crippen molar-refractivity contribution < 1.29 is 1.37 Å². The van der Waals surface area contributed by atoms with E-state index in [0.29, 0.717) is 6.05 Å². The highest BCUT2D eigenvalue weighted by Crippen LogP contribution is 1.69. The van der Waals surface area contributed by atoms with Crippen molar-refractivity contribution in [1.82, 2.24) is 0 Å². The van der Waals surface area contributed by atoms with Crippen LogP contribution in [-0.2, 0) is 0 Å². The van der Waals surface area contributed by atoms with E-state index in [0.717, 1.165) is 0 Å². The van der Waals surface area contributed by atoms with Gasteiger partial charge in [0, 0.05) is 0 Å². The van der Waals surface area contributed by atoms with Crippen molar-refractivity contribution in [3.8, 4) is 0 Å². The normalized spacial score (nSPS) is 12.7. The lowest BCUT2D eigenvalue weighted by Gasteiger charge is -1.60. The summed E-state index contributed by atoms with van der Waals surface area (Å²) in [6.45, 7) is 6.78. The molecule has 0 N–H and O–H groups in total. The lowest BCUT2D eigenvalue weighted by atomic mass is 10.5. The zero-order chi connectivity index (χ0) is 5.70. The molecule has 32 valence electrons. The van der Waals surface area contributed by atoms with Gasteiger partial charge >= 0.3 is 0 Å². The van der Waals surface area contributed by atoms with Crippen molar-refractivity contribution in [1.29, 1.82) is 0 Å². The molecule has 0 spiro atoms. The highest BCUT2D eigenvalue weighted by atomic mass is 13.5. The predicted octanol–water partition coefficient (Wildman–Crippen LogP) is 1.91. The Balaban J connectivity index is 3.72. The van der Waals surface area contributed by atoms with E-state index in [1.54, 1.807) is 12.2 Å². The second-order valence-corrected chi connectivity index (χ2v) is 0.773. The summed E-state index contributed by atoms with van der Waals surface area (Å²) in [6, 6.07) is 0.398. The van der Waals surface area contributed by atoms with Crippen molar-refractivity contribution in [3.63, 3.8) is 0 Å². The van der Waals surface area contributed by atoms with E-state index in [1.165, 1.54) is 6.08 Å². The monoisotopic (exact) mass is 81.1 g/mol. The summed E-state index contributed by atoms with van der Waals surface area (Å²) in [7, 11) is 0. The highest BCUT2D eigenvalue weighted by molar-refractivity contribution is 5.05. The van der Waals surface area contributed by atoms with Gasteiger partial charge in [0.05, 0.1) is 1.37 Å². The van der Waals surface area contributed by atoms with Crippen LogP contribution in [0.15, 0.2) is 37.4 Å². The highest BCUT2D eigenvalue weighted by Gasteiger charge is 1.47. The van der Waals surface area contributed by atoms with Gasteiger partial charge in [0.1, 0.15) is 0 Å². The molecule has 0 bridgehead atoms. The molecule has 0 aromatic carbocycles. The van der Waals surface area contributed by atoms with Crippen LogP contribution >= 0.6 is 0 Å². The van der Waals surface area contributed by atoms with Crippen molar-refractivity contribution >= 4 is 0 Å². The Morgan fingerprint density at radius 2 is 2.00 bits per heavy atom. The third-order valence-electron chi connectivity index (χ3n) is 0.332. The van der Waals surface area contributed by atoms with Crippen molar-refractivity contribution in [3.05, 3.63) is 37.4 Å². The molecular weight excluding hydrogens is 72.1 g/mol. The van der Waals surface area contributed by atoms with Crippen LogP contribution in [0.5, 0.6) is 0 Å². The molecule has 0 atom stereocenters. The zero-order valence-corrected chi connectivity index (χ0v) is 3.65. The van der Waals surface area contributed by atoms with Crippen LogP contribution in [0.4, 0.5) is 0 Å². The second kappa shape index (κ2) is 4.22. The molecule has 0 saturated carbocycles.